The first-order chi connectivity index (χ1) is 21.1. The maximum absolute atomic E-state index is 5.31. The molecule has 0 amide bonds. The van der Waals surface area contributed by atoms with Gasteiger partial charge in [-0.3, -0.25) is 0 Å². The van der Waals surface area contributed by atoms with Crippen molar-refractivity contribution in [1.82, 2.24) is 0 Å². The first kappa shape index (κ1) is 25.3. The number of nitrogens with one attached hydrogen (secondary N) is 2. The molecule has 8 rings (SSSR count). The van der Waals surface area contributed by atoms with E-state index in [9.17, 15) is 0 Å². The van der Waals surface area contributed by atoms with Crippen LogP contribution in [-0.2, 0) is 0 Å². The molecule has 203 valence electrons. The number of allylic oxidation sites excluding steroid dienone is 4. The molecule has 0 atom stereocenters. The number of hydrogen-bond donors (Lipinski definition) is 2. The molecule has 0 fully saturated rings. The lowest BCUT2D eigenvalue weighted by Crippen LogP contribution is -2.49. The first-order valence-electron chi connectivity index (χ1n) is 14.6. The third-order valence-corrected chi connectivity index (χ3v) is 8.40. The van der Waals surface area contributed by atoms with Crippen LogP contribution < -0.4 is 26.5 Å². The highest BCUT2D eigenvalue weighted by molar-refractivity contribution is 6.81. The molecule has 1 aliphatic carbocycles. The van der Waals surface area contributed by atoms with E-state index in [0.29, 0.717) is 0 Å². The fourth-order valence-corrected chi connectivity index (χ4v) is 6.15. The van der Waals surface area contributed by atoms with Crippen molar-refractivity contribution in [2.45, 2.75) is 13.8 Å². The van der Waals surface area contributed by atoms with Crippen molar-refractivity contribution >= 4 is 57.4 Å². The number of anilines is 2. The van der Waals surface area contributed by atoms with Gasteiger partial charge in [0.05, 0.1) is 5.36 Å². The highest BCUT2D eigenvalue weighted by Gasteiger charge is 2.28. The summed E-state index contributed by atoms with van der Waals surface area (Å²) in [4.78, 5) is 10.3. The maximum atomic E-state index is 5.31. The molecule has 1 radical (unpaired) electrons. The van der Waals surface area contributed by atoms with Gasteiger partial charge in [0, 0.05) is 44.9 Å². The summed E-state index contributed by atoms with van der Waals surface area (Å²) in [7, 11) is 0. The zero-order valence-electron chi connectivity index (χ0n) is 24.0. The quantitative estimate of drug-likeness (QED) is 0.240. The third-order valence-electron chi connectivity index (χ3n) is 8.40. The highest BCUT2D eigenvalue weighted by Crippen LogP contribution is 2.34. The van der Waals surface area contributed by atoms with Gasteiger partial charge >= 0.3 is 6.98 Å². The van der Waals surface area contributed by atoms with Crippen molar-refractivity contribution in [3.63, 3.8) is 0 Å². The minimum absolute atomic E-state index is 0.141. The van der Waals surface area contributed by atoms with E-state index in [1.54, 1.807) is 0 Å². The molecule has 5 aromatic rings. The summed E-state index contributed by atoms with van der Waals surface area (Å²) < 4.78 is 0. The number of benzene rings is 5. The molecule has 43 heavy (non-hydrogen) atoms. The SMILES string of the molecule is C[C]1C=CC(=c2ccc(-c3ccc(C)cc3)c3c2=NC(c2ccccc2B2Nc4cccc5cccc(c45)N2)=C=N3)C=C1. The Morgan fingerprint density at radius 3 is 2.14 bits per heavy atom. The molecule has 0 unspecified atom stereocenters. The van der Waals surface area contributed by atoms with Gasteiger partial charge < -0.3 is 10.5 Å². The Balaban J connectivity index is 1.29. The van der Waals surface area contributed by atoms with Crippen molar-refractivity contribution in [2.75, 3.05) is 10.5 Å². The number of hydrogen-bond acceptors (Lipinski definition) is 4. The molecule has 0 bridgehead atoms. The summed E-state index contributed by atoms with van der Waals surface area (Å²) in [6.45, 7) is 4.07. The van der Waals surface area contributed by atoms with Gasteiger partial charge in [-0.25, -0.2) is 9.98 Å². The maximum Gasteiger partial charge on any atom is 0.406 e. The van der Waals surface area contributed by atoms with Gasteiger partial charge in [-0.1, -0.05) is 122 Å². The lowest BCUT2D eigenvalue weighted by Gasteiger charge is -2.28. The van der Waals surface area contributed by atoms with Crippen LogP contribution in [0.2, 0.25) is 0 Å². The summed E-state index contributed by atoms with van der Waals surface area (Å²) >= 11 is 0. The van der Waals surface area contributed by atoms with Crippen molar-refractivity contribution < 1.29 is 0 Å². The van der Waals surface area contributed by atoms with Crippen LogP contribution in [0.3, 0.4) is 0 Å². The van der Waals surface area contributed by atoms with Crippen LogP contribution in [-0.4, -0.2) is 12.9 Å². The Labute approximate surface area is 251 Å². The zero-order chi connectivity index (χ0) is 28.9. The summed E-state index contributed by atoms with van der Waals surface area (Å²) in [6.07, 6.45) is 8.62. The monoisotopic (exact) mass is 551 g/mol. The second kappa shape index (κ2) is 10.2. The highest BCUT2D eigenvalue weighted by atomic mass is 15.0. The molecule has 0 spiro atoms. The molecular weight excluding hydrogens is 523 g/mol. The molecule has 0 saturated heterocycles. The van der Waals surface area contributed by atoms with Gasteiger partial charge in [-0.05, 0) is 41.0 Å². The van der Waals surface area contributed by atoms with Gasteiger partial charge in [0.1, 0.15) is 11.4 Å². The molecule has 5 heteroatoms. The summed E-state index contributed by atoms with van der Waals surface area (Å²) in [6, 6.07) is 34.1. The average molecular weight is 551 g/mol. The van der Waals surface area contributed by atoms with Crippen LogP contribution in [0.4, 0.5) is 17.1 Å². The predicted octanol–water partition coefficient (Wildman–Crippen LogP) is 6.89. The van der Waals surface area contributed by atoms with E-state index in [2.05, 4.69) is 152 Å². The first-order valence-corrected chi connectivity index (χ1v) is 14.6. The van der Waals surface area contributed by atoms with E-state index >= 15 is 0 Å². The average Bonchev–Trinajstić information content (AvgIpc) is 3.05. The summed E-state index contributed by atoms with van der Waals surface area (Å²) in [5, 5.41) is 11.8. The zero-order valence-corrected chi connectivity index (χ0v) is 24.0. The van der Waals surface area contributed by atoms with Crippen LogP contribution in [0.15, 0.2) is 131 Å². The van der Waals surface area contributed by atoms with Gasteiger partial charge in [0.2, 0.25) is 0 Å². The van der Waals surface area contributed by atoms with E-state index < -0.39 is 0 Å². The smallest absolute Gasteiger partial charge is 0.405 e. The molecule has 3 aliphatic rings. The van der Waals surface area contributed by atoms with Gasteiger partial charge in [0.15, 0.2) is 0 Å². The van der Waals surface area contributed by atoms with Crippen LogP contribution in [0.25, 0.3) is 33.2 Å². The fraction of sp³-hybridized carbons (Fsp3) is 0.0526. The molecule has 2 N–H and O–H groups in total. The van der Waals surface area contributed by atoms with Crippen LogP contribution in [0.1, 0.15) is 18.1 Å². The number of rotatable bonds is 3. The lowest BCUT2D eigenvalue weighted by atomic mass is 9.64. The predicted molar refractivity (Wildman–Crippen MR) is 182 cm³/mol. The minimum atomic E-state index is -0.141. The molecule has 2 heterocycles. The molecule has 0 aromatic heterocycles. The van der Waals surface area contributed by atoms with E-state index in [0.717, 1.165) is 61.1 Å². The van der Waals surface area contributed by atoms with Gasteiger partial charge in [0.25, 0.3) is 0 Å². The third kappa shape index (κ3) is 4.42. The second-order valence-electron chi connectivity index (χ2n) is 11.3. The fourth-order valence-electron chi connectivity index (χ4n) is 6.15. The molecule has 5 aromatic carbocycles. The summed E-state index contributed by atoms with van der Waals surface area (Å²) in [5.41, 5.74) is 10.4. The normalized spacial score (nSPS) is 15.1. The Bertz CT molecular complexity index is 2150. The van der Waals surface area contributed by atoms with Crippen LogP contribution in [0, 0.1) is 12.8 Å². The van der Waals surface area contributed by atoms with E-state index in [-0.39, 0.29) is 6.98 Å². The van der Waals surface area contributed by atoms with Crippen LogP contribution in [0.5, 0.6) is 0 Å². The Hall–Kier alpha value is -5.38. The number of aliphatic imine (C=N–C) groups is 1. The number of fused-ring (bicyclic) bond motifs is 1. The van der Waals surface area contributed by atoms with E-state index in [1.807, 2.05) is 0 Å². The topological polar surface area (TPSA) is 48.8 Å². The molecular formula is C38H28BN4. The van der Waals surface area contributed by atoms with Gasteiger partial charge in [-0.2, -0.15) is 0 Å². The van der Waals surface area contributed by atoms with Crippen molar-refractivity contribution in [2.24, 2.45) is 9.98 Å². The van der Waals surface area contributed by atoms with E-state index in [4.69, 9.17) is 9.98 Å². The lowest BCUT2D eigenvalue weighted by molar-refractivity contribution is 1.26. The van der Waals surface area contributed by atoms with Crippen molar-refractivity contribution in [3.8, 4) is 11.1 Å². The van der Waals surface area contributed by atoms with Crippen molar-refractivity contribution in [1.29, 1.82) is 0 Å². The number of nitrogens with zero attached hydrogens (tertiary/aromatic N) is 2. The van der Waals surface area contributed by atoms with Gasteiger partial charge in [-0.15, -0.1) is 0 Å². The number of aryl methyl sites for hydroxylation is 1. The summed E-state index contributed by atoms with van der Waals surface area (Å²) in [5.74, 6) is 4.56. The van der Waals surface area contributed by atoms with E-state index in [1.165, 1.54) is 22.3 Å². The molecule has 4 nitrogen and oxygen atoms in total. The Morgan fingerprint density at radius 2 is 1.40 bits per heavy atom. The minimum Gasteiger partial charge on any atom is -0.405 e. The largest absolute Gasteiger partial charge is 0.406 e. The van der Waals surface area contributed by atoms with Crippen molar-refractivity contribution in [3.05, 3.63) is 149 Å². The van der Waals surface area contributed by atoms with Crippen LogP contribution >= 0.6 is 0 Å². The Morgan fingerprint density at radius 1 is 0.674 bits per heavy atom. The Kier molecular flexibility index (Phi) is 5.99. The molecule has 2 aliphatic heterocycles. The second-order valence-corrected chi connectivity index (χ2v) is 11.3. The molecule has 0 saturated carbocycles. The standard InChI is InChI=1S/C38H28BN4/c1-24-13-17-26(18-14-24)29-21-22-30(27-19-15-25(2)16-20-27)38-37(29)40-23-35(41-38)31-9-3-4-10-32(31)39-42-33-11-5-7-28-8-6-12-34(43-39)36(28)33/h3-22,42-43H,1-2H3.